The van der Waals surface area contributed by atoms with Crippen LogP contribution in [-0.4, -0.2) is 29.5 Å². The summed E-state index contributed by atoms with van der Waals surface area (Å²) in [5.74, 6) is 0.510. The van der Waals surface area contributed by atoms with Gasteiger partial charge in [0.1, 0.15) is 5.82 Å². The van der Waals surface area contributed by atoms with Gasteiger partial charge in [0.2, 0.25) is 0 Å². The predicted molar refractivity (Wildman–Crippen MR) is 75.1 cm³/mol. The minimum atomic E-state index is -0.103. The van der Waals surface area contributed by atoms with Crippen LogP contribution >= 0.6 is 0 Å². The van der Waals surface area contributed by atoms with E-state index in [-0.39, 0.29) is 5.82 Å². The Morgan fingerprint density at radius 2 is 2.21 bits per heavy atom. The molecule has 1 aromatic carbocycles. The zero-order chi connectivity index (χ0) is 13.0. The average molecular weight is 258 g/mol. The van der Waals surface area contributed by atoms with Crippen molar-refractivity contribution in [3.05, 3.63) is 34.8 Å². The minimum Gasteiger partial charge on any atom is -0.358 e. The van der Waals surface area contributed by atoms with Crippen LogP contribution in [0.25, 0.3) is 10.9 Å². The number of aromatic amines is 1. The number of H-pyrrole nitrogens is 1. The van der Waals surface area contributed by atoms with E-state index >= 15 is 0 Å². The van der Waals surface area contributed by atoms with Gasteiger partial charge >= 0.3 is 0 Å². The van der Waals surface area contributed by atoms with Crippen LogP contribution in [0.5, 0.6) is 0 Å². The lowest BCUT2D eigenvalue weighted by molar-refractivity contribution is 0.217. The van der Waals surface area contributed by atoms with Crippen LogP contribution in [0.3, 0.4) is 0 Å². The maximum atomic E-state index is 13.7. The molecule has 0 saturated carbocycles. The van der Waals surface area contributed by atoms with Gasteiger partial charge in [0.05, 0.1) is 0 Å². The molecule has 1 aromatic heterocycles. The molecule has 2 aliphatic rings. The number of aryl methyl sites for hydroxylation is 1. The summed E-state index contributed by atoms with van der Waals surface area (Å²) in [4.78, 5) is 6.09. The van der Waals surface area contributed by atoms with Crippen molar-refractivity contribution in [2.45, 2.75) is 32.1 Å². The van der Waals surface area contributed by atoms with E-state index in [0.29, 0.717) is 5.92 Å². The second-order valence-electron chi connectivity index (χ2n) is 6.05. The van der Waals surface area contributed by atoms with Gasteiger partial charge in [-0.25, -0.2) is 4.39 Å². The summed E-state index contributed by atoms with van der Waals surface area (Å²) in [5, 5.41) is 1.24. The Bertz CT molecular complexity index is 644. The number of fused-ring (bicyclic) bond motifs is 6. The molecule has 0 radical (unpaired) electrons. The first kappa shape index (κ1) is 11.5. The second-order valence-corrected chi connectivity index (χ2v) is 6.05. The average Bonchev–Trinajstić information content (AvgIpc) is 2.69. The normalized spacial score (nSPS) is 26.2. The Labute approximate surface area is 112 Å². The lowest BCUT2D eigenvalue weighted by atomic mass is 9.93. The SMILES string of the molecule is Cc1cc2c3c([nH]c2cc1F)C1CCCN(CC3)C1. The van der Waals surface area contributed by atoms with Crippen molar-refractivity contribution in [2.75, 3.05) is 19.6 Å². The molecule has 1 N–H and O–H groups in total. The van der Waals surface area contributed by atoms with Crippen molar-refractivity contribution in [3.63, 3.8) is 0 Å². The molecule has 0 spiro atoms. The smallest absolute Gasteiger partial charge is 0.128 e. The van der Waals surface area contributed by atoms with Crippen molar-refractivity contribution >= 4 is 10.9 Å². The quantitative estimate of drug-likeness (QED) is 0.767. The van der Waals surface area contributed by atoms with Crippen molar-refractivity contribution in [3.8, 4) is 0 Å². The maximum absolute atomic E-state index is 13.7. The topological polar surface area (TPSA) is 19.0 Å². The highest BCUT2D eigenvalue weighted by Gasteiger charge is 2.29. The van der Waals surface area contributed by atoms with Crippen LogP contribution in [0.2, 0.25) is 0 Å². The Morgan fingerprint density at radius 1 is 1.32 bits per heavy atom. The largest absolute Gasteiger partial charge is 0.358 e. The molecule has 1 fully saturated rings. The molecule has 3 heteroatoms. The molecule has 2 atom stereocenters. The molecule has 2 nitrogen and oxygen atoms in total. The molecule has 100 valence electrons. The lowest BCUT2D eigenvalue weighted by Crippen LogP contribution is -2.33. The molecule has 3 heterocycles. The third-order valence-electron chi connectivity index (χ3n) is 4.81. The van der Waals surface area contributed by atoms with E-state index in [1.54, 1.807) is 6.07 Å². The van der Waals surface area contributed by atoms with E-state index in [2.05, 4.69) is 9.88 Å². The molecule has 2 unspecified atom stereocenters. The number of halogens is 1. The van der Waals surface area contributed by atoms with Crippen LogP contribution in [0.15, 0.2) is 12.1 Å². The van der Waals surface area contributed by atoms with Crippen LogP contribution in [0.1, 0.15) is 35.6 Å². The van der Waals surface area contributed by atoms with Gasteiger partial charge in [-0.3, -0.25) is 0 Å². The third kappa shape index (κ3) is 1.71. The van der Waals surface area contributed by atoms with E-state index < -0.39 is 0 Å². The molecule has 1 saturated heterocycles. The van der Waals surface area contributed by atoms with Gasteiger partial charge in [0.15, 0.2) is 0 Å². The van der Waals surface area contributed by atoms with Gasteiger partial charge in [-0.05, 0) is 56.0 Å². The zero-order valence-electron chi connectivity index (χ0n) is 11.3. The number of hydrogen-bond acceptors (Lipinski definition) is 1. The van der Waals surface area contributed by atoms with Gasteiger partial charge < -0.3 is 9.88 Å². The first-order valence-corrected chi connectivity index (χ1v) is 7.25. The van der Waals surface area contributed by atoms with Gasteiger partial charge in [-0.1, -0.05) is 0 Å². The third-order valence-corrected chi connectivity index (χ3v) is 4.81. The summed E-state index contributed by atoms with van der Waals surface area (Å²) in [5.41, 5.74) is 4.55. The number of piperidine rings is 1. The number of nitrogens with zero attached hydrogens (tertiary/aromatic N) is 1. The lowest BCUT2D eigenvalue weighted by Gasteiger charge is -2.29. The number of benzene rings is 1. The van der Waals surface area contributed by atoms with E-state index in [1.807, 2.05) is 13.0 Å². The summed E-state index contributed by atoms with van der Waals surface area (Å²) in [7, 11) is 0. The molecular formula is C16H19FN2. The second kappa shape index (κ2) is 4.07. The molecule has 4 rings (SSSR count). The fraction of sp³-hybridized carbons (Fsp3) is 0.500. The Kier molecular flexibility index (Phi) is 2.46. The van der Waals surface area contributed by atoms with E-state index in [1.165, 1.54) is 42.6 Å². The van der Waals surface area contributed by atoms with Crippen molar-refractivity contribution in [1.29, 1.82) is 0 Å². The van der Waals surface area contributed by atoms with Crippen molar-refractivity contribution < 1.29 is 4.39 Å². The number of aromatic nitrogens is 1. The van der Waals surface area contributed by atoms with E-state index in [0.717, 1.165) is 24.0 Å². The molecule has 2 bridgehead atoms. The van der Waals surface area contributed by atoms with Gasteiger partial charge in [0.25, 0.3) is 0 Å². The first-order chi connectivity index (χ1) is 9.22. The predicted octanol–water partition coefficient (Wildman–Crippen LogP) is 3.35. The van der Waals surface area contributed by atoms with Gasteiger partial charge in [-0.2, -0.15) is 0 Å². The van der Waals surface area contributed by atoms with Gasteiger partial charge in [0, 0.05) is 35.6 Å². The van der Waals surface area contributed by atoms with Crippen molar-refractivity contribution in [2.24, 2.45) is 0 Å². The van der Waals surface area contributed by atoms with Gasteiger partial charge in [-0.15, -0.1) is 0 Å². The Morgan fingerprint density at radius 3 is 3.11 bits per heavy atom. The summed E-state index contributed by atoms with van der Waals surface area (Å²) < 4.78 is 13.7. The van der Waals surface area contributed by atoms with Crippen LogP contribution in [0.4, 0.5) is 4.39 Å². The number of nitrogens with one attached hydrogen (secondary N) is 1. The molecule has 2 aliphatic heterocycles. The summed E-state index contributed by atoms with van der Waals surface area (Å²) in [6.07, 6.45) is 3.64. The highest BCUT2D eigenvalue weighted by atomic mass is 19.1. The fourth-order valence-corrected chi connectivity index (χ4v) is 3.78. The highest BCUT2D eigenvalue weighted by molar-refractivity contribution is 5.86. The molecular weight excluding hydrogens is 239 g/mol. The standard InChI is InChI=1S/C16H19FN2/c1-10-7-13-12-4-6-19-5-2-3-11(9-19)16(12)18-15(13)8-14(10)17/h7-8,11,18H,2-6,9H2,1H3. The first-order valence-electron chi connectivity index (χ1n) is 7.25. The molecule has 0 amide bonds. The van der Waals surface area contributed by atoms with Crippen LogP contribution in [0, 0.1) is 12.7 Å². The summed E-state index contributed by atoms with van der Waals surface area (Å²) in [6.45, 7) is 5.41. The molecule has 0 aliphatic carbocycles. The molecule has 19 heavy (non-hydrogen) atoms. The van der Waals surface area contributed by atoms with Crippen LogP contribution < -0.4 is 0 Å². The zero-order valence-corrected chi connectivity index (χ0v) is 11.3. The monoisotopic (exact) mass is 258 g/mol. The minimum absolute atomic E-state index is 0.103. The van der Waals surface area contributed by atoms with E-state index in [4.69, 9.17) is 0 Å². The Hall–Kier alpha value is -1.35. The highest BCUT2D eigenvalue weighted by Crippen LogP contribution is 2.36. The maximum Gasteiger partial charge on any atom is 0.128 e. The Balaban J connectivity index is 1.92. The fourth-order valence-electron chi connectivity index (χ4n) is 3.78. The van der Waals surface area contributed by atoms with E-state index in [9.17, 15) is 4.39 Å². The summed E-state index contributed by atoms with van der Waals surface area (Å²) >= 11 is 0. The molecule has 2 aromatic rings. The number of rotatable bonds is 0. The van der Waals surface area contributed by atoms with Crippen LogP contribution in [-0.2, 0) is 6.42 Å². The number of hydrogen-bond donors (Lipinski definition) is 1. The van der Waals surface area contributed by atoms with Crippen molar-refractivity contribution in [1.82, 2.24) is 9.88 Å². The summed E-state index contributed by atoms with van der Waals surface area (Å²) in [6, 6.07) is 3.68.